The van der Waals surface area contributed by atoms with Crippen LogP contribution in [-0.2, 0) is 4.79 Å². The van der Waals surface area contributed by atoms with Crippen LogP contribution in [0.25, 0.3) is 0 Å². The van der Waals surface area contributed by atoms with E-state index in [9.17, 15) is 4.79 Å². The molecule has 1 unspecified atom stereocenters. The minimum atomic E-state index is -0.531. The fraction of sp³-hybridized carbons (Fsp3) is 0.133. The Morgan fingerprint density at radius 3 is 2.18 bits per heavy atom. The third-order valence-corrected chi connectivity index (χ3v) is 7.16. The van der Waals surface area contributed by atoms with Crippen molar-refractivity contribution in [2.75, 3.05) is 37.3 Å². The molecular formula is C30H29N3O4S2. The molecule has 7 nitrogen and oxygen atoms in total. The number of hydrogen-bond acceptors (Lipinski definition) is 6. The van der Waals surface area contributed by atoms with E-state index in [-0.39, 0.29) is 5.91 Å². The lowest BCUT2D eigenvalue weighted by atomic mass is 10.1. The molecule has 200 valence electrons. The van der Waals surface area contributed by atoms with Gasteiger partial charge in [-0.05, 0) is 60.2 Å². The zero-order valence-electron chi connectivity index (χ0n) is 21.8. The molecule has 0 aliphatic rings. The number of amides is 1. The maximum absolute atomic E-state index is 13.6. The minimum Gasteiger partial charge on any atom is -0.497 e. The van der Waals surface area contributed by atoms with Gasteiger partial charge in [0.05, 0.1) is 32.7 Å². The van der Waals surface area contributed by atoms with E-state index in [0.29, 0.717) is 28.0 Å². The lowest BCUT2D eigenvalue weighted by molar-refractivity contribution is -0.115. The Labute approximate surface area is 237 Å². The van der Waals surface area contributed by atoms with Crippen LogP contribution in [0.5, 0.6) is 17.2 Å². The van der Waals surface area contributed by atoms with Crippen molar-refractivity contribution in [2.45, 2.75) is 10.1 Å². The van der Waals surface area contributed by atoms with Gasteiger partial charge in [-0.1, -0.05) is 48.5 Å². The Hall–Kier alpha value is -4.21. The summed E-state index contributed by atoms with van der Waals surface area (Å²) in [7, 11) is 4.75. The molecule has 0 bridgehead atoms. The molecule has 0 aliphatic heterocycles. The van der Waals surface area contributed by atoms with Gasteiger partial charge in [0, 0.05) is 16.6 Å². The summed E-state index contributed by atoms with van der Waals surface area (Å²) in [6.45, 7) is 0. The number of carbonyl (C=O) groups is 1. The Bertz CT molecular complexity index is 1430. The molecule has 0 heterocycles. The smallest absolute Gasteiger partial charge is 0.242 e. The molecule has 0 saturated heterocycles. The molecule has 0 aliphatic carbocycles. The average molecular weight is 560 g/mol. The van der Waals surface area contributed by atoms with E-state index in [1.54, 1.807) is 39.5 Å². The van der Waals surface area contributed by atoms with Crippen molar-refractivity contribution < 1.29 is 19.0 Å². The number of hydrogen-bond donors (Lipinski definition) is 3. The van der Waals surface area contributed by atoms with Gasteiger partial charge >= 0.3 is 0 Å². The number of nitrogens with one attached hydrogen (secondary N) is 3. The maximum atomic E-state index is 13.6. The monoisotopic (exact) mass is 559 g/mol. The van der Waals surface area contributed by atoms with E-state index in [4.69, 9.17) is 26.4 Å². The first-order chi connectivity index (χ1) is 19.0. The molecular weight excluding hydrogens is 530 g/mol. The summed E-state index contributed by atoms with van der Waals surface area (Å²) in [6, 6.07) is 30.2. The number of methoxy groups -OCH3 is 3. The molecule has 0 spiro atoms. The Kier molecular flexibility index (Phi) is 9.66. The van der Waals surface area contributed by atoms with Crippen molar-refractivity contribution in [2.24, 2.45) is 0 Å². The van der Waals surface area contributed by atoms with Crippen LogP contribution >= 0.6 is 24.0 Å². The van der Waals surface area contributed by atoms with Crippen LogP contribution in [0.1, 0.15) is 10.8 Å². The molecule has 4 rings (SSSR count). The van der Waals surface area contributed by atoms with E-state index in [1.807, 2.05) is 78.9 Å². The second-order valence-corrected chi connectivity index (χ2v) is 9.86. The largest absolute Gasteiger partial charge is 0.497 e. The molecule has 39 heavy (non-hydrogen) atoms. The SMILES string of the molecule is COc1ccc(OC)c(NC(=O)C(Sc2cccc(NC(=S)Nc3ccccc3OC)c2)c2ccccc2)c1. The summed E-state index contributed by atoms with van der Waals surface area (Å²) >= 11 is 6.96. The number of ether oxygens (including phenoxy) is 3. The highest BCUT2D eigenvalue weighted by molar-refractivity contribution is 8.00. The highest BCUT2D eigenvalue weighted by Crippen LogP contribution is 2.38. The number of benzene rings is 4. The summed E-state index contributed by atoms with van der Waals surface area (Å²) in [6.07, 6.45) is 0. The van der Waals surface area contributed by atoms with E-state index in [1.165, 1.54) is 11.8 Å². The van der Waals surface area contributed by atoms with Crippen LogP contribution in [0.15, 0.2) is 102 Å². The number of anilines is 3. The average Bonchev–Trinajstić information content (AvgIpc) is 2.96. The van der Waals surface area contributed by atoms with E-state index in [0.717, 1.165) is 21.8 Å². The third kappa shape index (κ3) is 7.43. The highest BCUT2D eigenvalue weighted by atomic mass is 32.2. The predicted octanol–water partition coefficient (Wildman–Crippen LogP) is 6.99. The van der Waals surface area contributed by atoms with Crippen LogP contribution in [0.3, 0.4) is 0 Å². The zero-order chi connectivity index (χ0) is 27.6. The molecule has 4 aromatic carbocycles. The quantitative estimate of drug-likeness (QED) is 0.142. The van der Waals surface area contributed by atoms with Crippen molar-refractivity contribution >= 4 is 52.1 Å². The maximum Gasteiger partial charge on any atom is 0.242 e. The number of thiocarbonyl (C=S) groups is 1. The first-order valence-electron chi connectivity index (χ1n) is 12.1. The normalized spacial score (nSPS) is 11.2. The Morgan fingerprint density at radius 2 is 1.44 bits per heavy atom. The fourth-order valence-corrected chi connectivity index (χ4v) is 5.14. The molecule has 0 radical (unpaired) electrons. The van der Waals surface area contributed by atoms with Gasteiger partial charge in [0.15, 0.2) is 5.11 Å². The lowest BCUT2D eigenvalue weighted by Gasteiger charge is -2.19. The summed E-state index contributed by atoms with van der Waals surface area (Å²) in [5.41, 5.74) is 2.95. The molecule has 1 atom stereocenters. The number of rotatable bonds is 10. The molecule has 0 fully saturated rings. The van der Waals surface area contributed by atoms with Crippen molar-refractivity contribution in [3.63, 3.8) is 0 Å². The number of carbonyl (C=O) groups excluding carboxylic acids is 1. The van der Waals surface area contributed by atoms with Gasteiger partial charge in [-0.15, -0.1) is 11.8 Å². The Morgan fingerprint density at radius 1 is 0.718 bits per heavy atom. The molecule has 3 N–H and O–H groups in total. The van der Waals surface area contributed by atoms with Crippen LogP contribution < -0.4 is 30.2 Å². The van der Waals surface area contributed by atoms with Crippen molar-refractivity contribution in [1.82, 2.24) is 0 Å². The van der Waals surface area contributed by atoms with Gasteiger partial charge in [0.25, 0.3) is 0 Å². The van der Waals surface area contributed by atoms with E-state index < -0.39 is 5.25 Å². The summed E-state index contributed by atoms with van der Waals surface area (Å²) in [4.78, 5) is 14.5. The van der Waals surface area contributed by atoms with Crippen molar-refractivity contribution in [3.05, 3.63) is 103 Å². The van der Waals surface area contributed by atoms with Crippen LogP contribution in [0.2, 0.25) is 0 Å². The molecule has 9 heteroatoms. The minimum absolute atomic E-state index is 0.190. The molecule has 0 aromatic heterocycles. The van der Waals surface area contributed by atoms with Crippen molar-refractivity contribution in [1.29, 1.82) is 0 Å². The van der Waals surface area contributed by atoms with E-state index >= 15 is 0 Å². The standard InChI is InChI=1S/C30H29N3O4S2/c1-35-22-16-17-27(37-3)25(19-22)32-29(34)28(20-10-5-4-6-11-20)39-23-13-9-12-21(18-23)31-30(38)33-24-14-7-8-15-26(24)36-2/h4-19,28H,1-3H3,(H,32,34)(H2,31,33,38). The van der Waals surface area contributed by atoms with Gasteiger partial charge in [-0.3, -0.25) is 4.79 Å². The van der Waals surface area contributed by atoms with Crippen molar-refractivity contribution in [3.8, 4) is 17.2 Å². The summed E-state index contributed by atoms with van der Waals surface area (Å²) < 4.78 is 16.2. The number of thioether (sulfide) groups is 1. The number of para-hydroxylation sites is 2. The Balaban J connectivity index is 1.53. The zero-order valence-corrected chi connectivity index (χ0v) is 23.4. The van der Waals surface area contributed by atoms with Gasteiger partial charge in [0.2, 0.25) is 5.91 Å². The van der Waals surface area contributed by atoms with E-state index in [2.05, 4.69) is 16.0 Å². The topological polar surface area (TPSA) is 80.9 Å². The van der Waals surface area contributed by atoms with Gasteiger partial charge in [0.1, 0.15) is 22.5 Å². The molecule has 0 saturated carbocycles. The molecule has 4 aromatic rings. The van der Waals surface area contributed by atoms with Crippen LogP contribution in [-0.4, -0.2) is 32.3 Å². The lowest BCUT2D eigenvalue weighted by Crippen LogP contribution is -2.20. The second-order valence-electron chi connectivity index (χ2n) is 8.27. The van der Waals surface area contributed by atoms with Crippen LogP contribution in [0.4, 0.5) is 17.1 Å². The summed E-state index contributed by atoms with van der Waals surface area (Å²) in [5.74, 6) is 1.66. The van der Waals surface area contributed by atoms with Gasteiger partial charge in [-0.25, -0.2) is 0 Å². The van der Waals surface area contributed by atoms with Gasteiger partial charge < -0.3 is 30.2 Å². The van der Waals surface area contributed by atoms with Crippen LogP contribution in [0, 0.1) is 0 Å². The first kappa shape index (κ1) is 27.8. The fourth-order valence-electron chi connectivity index (χ4n) is 3.83. The second kappa shape index (κ2) is 13.5. The highest BCUT2D eigenvalue weighted by Gasteiger charge is 2.23. The predicted molar refractivity (Wildman–Crippen MR) is 162 cm³/mol. The van der Waals surface area contributed by atoms with Gasteiger partial charge in [-0.2, -0.15) is 0 Å². The first-order valence-corrected chi connectivity index (χ1v) is 13.3. The third-order valence-electron chi connectivity index (χ3n) is 5.71. The molecule has 1 amide bonds. The summed E-state index contributed by atoms with van der Waals surface area (Å²) in [5, 5.41) is 9.28.